The predicted molar refractivity (Wildman–Crippen MR) is 65.8 cm³/mol. The molecule has 7 heteroatoms. The number of aromatic amines is 1. The van der Waals surface area contributed by atoms with Gasteiger partial charge in [0.05, 0.1) is 7.11 Å². The Kier molecular flexibility index (Phi) is 3.43. The molecule has 0 amide bonds. The molecule has 0 saturated heterocycles. The van der Waals surface area contributed by atoms with Gasteiger partial charge >= 0.3 is 5.69 Å². The van der Waals surface area contributed by atoms with E-state index in [9.17, 15) is 9.18 Å². The van der Waals surface area contributed by atoms with Gasteiger partial charge in [-0.25, -0.2) is 9.18 Å². The second-order valence-corrected chi connectivity index (χ2v) is 3.57. The summed E-state index contributed by atoms with van der Waals surface area (Å²) < 4.78 is 18.3. The van der Waals surface area contributed by atoms with Crippen LogP contribution in [-0.4, -0.2) is 17.1 Å². The van der Waals surface area contributed by atoms with Crippen molar-refractivity contribution in [1.82, 2.24) is 9.97 Å². The molecule has 19 heavy (non-hydrogen) atoms. The first kappa shape index (κ1) is 12.6. The molecule has 1 aromatic heterocycles. The van der Waals surface area contributed by atoms with Crippen LogP contribution in [0, 0.1) is 17.1 Å². The molecule has 0 spiro atoms. The summed E-state index contributed by atoms with van der Waals surface area (Å²) in [7, 11) is 1.36. The van der Waals surface area contributed by atoms with Crippen LogP contribution >= 0.6 is 0 Å². The van der Waals surface area contributed by atoms with Crippen molar-refractivity contribution in [1.29, 1.82) is 5.26 Å². The molecule has 1 aromatic carbocycles. The Morgan fingerprint density at radius 1 is 1.47 bits per heavy atom. The molecule has 6 nitrogen and oxygen atoms in total. The summed E-state index contributed by atoms with van der Waals surface area (Å²) in [4.78, 5) is 17.0. The van der Waals surface area contributed by atoms with Gasteiger partial charge in [-0.05, 0) is 12.1 Å². The fourth-order valence-corrected chi connectivity index (χ4v) is 1.47. The molecule has 0 aliphatic rings. The van der Waals surface area contributed by atoms with Crippen LogP contribution in [0.4, 0.5) is 15.9 Å². The van der Waals surface area contributed by atoms with E-state index in [1.807, 2.05) is 0 Å². The normalized spacial score (nSPS) is 9.74. The average Bonchev–Trinajstić information content (AvgIpc) is 2.38. The summed E-state index contributed by atoms with van der Waals surface area (Å²) in [6.45, 7) is 0. The van der Waals surface area contributed by atoms with Crippen molar-refractivity contribution in [2.45, 2.75) is 0 Å². The number of ether oxygens (including phenoxy) is 1. The zero-order valence-corrected chi connectivity index (χ0v) is 9.90. The van der Waals surface area contributed by atoms with Crippen LogP contribution < -0.4 is 15.7 Å². The van der Waals surface area contributed by atoms with E-state index >= 15 is 0 Å². The molecule has 0 unspecified atom stereocenters. The SMILES string of the molecule is COc1ccc(Nc2cc(C#N)[nH]c(=O)n2)cc1F. The lowest BCUT2D eigenvalue weighted by atomic mass is 10.3. The van der Waals surface area contributed by atoms with Crippen molar-refractivity contribution < 1.29 is 9.13 Å². The van der Waals surface area contributed by atoms with Crippen molar-refractivity contribution in [2.75, 3.05) is 12.4 Å². The van der Waals surface area contributed by atoms with Gasteiger partial charge in [-0.15, -0.1) is 0 Å². The first-order chi connectivity index (χ1) is 9.12. The highest BCUT2D eigenvalue weighted by Crippen LogP contribution is 2.22. The second kappa shape index (κ2) is 5.18. The van der Waals surface area contributed by atoms with Gasteiger partial charge < -0.3 is 10.1 Å². The molecule has 0 aliphatic heterocycles. The molecule has 0 radical (unpaired) electrons. The van der Waals surface area contributed by atoms with E-state index in [2.05, 4.69) is 15.3 Å². The summed E-state index contributed by atoms with van der Waals surface area (Å²) in [5.41, 5.74) is -0.202. The Bertz CT molecular complexity index is 706. The van der Waals surface area contributed by atoms with Crippen LogP contribution in [0.15, 0.2) is 29.1 Å². The number of methoxy groups -OCH3 is 1. The molecule has 2 aromatic rings. The van der Waals surface area contributed by atoms with E-state index < -0.39 is 11.5 Å². The standard InChI is InChI=1S/C12H9FN4O2/c1-19-10-3-2-7(4-9(10)13)15-11-5-8(6-14)16-12(18)17-11/h2-5H,1H3,(H2,15,16,17,18). The van der Waals surface area contributed by atoms with Gasteiger partial charge in [-0.2, -0.15) is 10.2 Å². The van der Waals surface area contributed by atoms with Gasteiger partial charge in [0.1, 0.15) is 17.6 Å². The summed E-state index contributed by atoms with van der Waals surface area (Å²) in [6, 6.07) is 7.35. The fraction of sp³-hybridized carbons (Fsp3) is 0.0833. The second-order valence-electron chi connectivity index (χ2n) is 3.57. The number of hydrogen-bond donors (Lipinski definition) is 2. The first-order valence-electron chi connectivity index (χ1n) is 5.24. The highest BCUT2D eigenvalue weighted by Gasteiger charge is 2.05. The summed E-state index contributed by atoms with van der Waals surface area (Å²) in [5, 5.41) is 11.4. The number of anilines is 2. The minimum absolute atomic E-state index is 0.0662. The van der Waals surface area contributed by atoms with Crippen molar-refractivity contribution in [2.24, 2.45) is 0 Å². The molecule has 2 N–H and O–H groups in total. The zero-order valence-electron chi connectivity index (χ0n) is 9.90. The maximum absolute atomic E-state index is 13.5. The quantitative estimate of drug-likeness (QED) is 0.873. The van der Waals surface area contributed by atoms with Crippen LogP contribution in [0.1, 0.15) is 5.69 Å². The van der Waals surface area contributed by atoms with Gasteiger partial charge in [-0.1, -0.05) is 0 Å². The van der Waals surface area contributed by atoms with Gasteiger partial charge in [0, 0.05) is 17.8 Å². The number of rotatable bonds is 3. The van der Waals surface area contributed by atoms with E-state index in [4.69, 9.17) is 10.00 Å². The monoisotopic (exact) mass is 260 g/mol. The highest BCUT2D eigenvalue weighted by atomic mass is 19.1. The average molecular weight is 260 g/mol. The topological polar surface area (TPSA) is 90.8 Å². The van der Waals surface area contributed by atoms with Crippen molar-refractivity contribution in [3.8, 4) is 11.8 Å². The molecule has 0 fully saturated rings. The van der Waals surface area contributed by atoms with Gasteiger partial charge in [0.2, 0.25) is 0 Å². The third-order valence-electron chi connectivity index (χ3n) is 2.29. The predicted octanol–water partition coefficient (Wildman–Crippen LogP) is 1.53. The largest absolute Gasteiger partial charge is 0.494 e. The van der Waals surface area contributed by atoms with E-state index in [0.29, 0.717) is 5.69 Å². The van der Waals surface area contributed by atoms with Gasteiger partial charge in [0.25, 0.3) is 0 Å². The molecular formula is C12H9FN4O2. The Hall–Kier alpha value is -2.88. The number of nitriles is 1. The van der Waals surface area contributed by atoms with Crippen molar-refractivity contribution in [3.63, 3.8) is 0 Å². The van der Waals surface area contributed by atoms with Crippen LogP contribution in [0.5, 0.6) is 5.75 Å². The maximum atomic E-state index is 13.5. The van der Waals surface area contributed by atoms with E-state index in [1.54, 1.807) is 12.1 Å². The molecule has 1 heterocycles. The zero-order chi connectivity index (χ0) is 13.8. The number of halogens is 1. The number of nitrogens with zero attached hydrogens (tertiary/aromatic N) is 2. The lowest BCUT2D eigenvalue weighted by molar-refractivity contribution is 0.386. The molecule has 96 valence electrons. The van der Waals surface area contributed by atoms with Crippen LogP contribution in [0.25, 0.3) is 0 Å². The van der Waals surface area contributed by atoms with Crippen molar-refractivity contribution in [3.05, 3.63) is 46.3 Å². The maximum Gasteiger partial charge on any atom is 0.347 e. The fourth-order valence-electron chi connectivity index (χ4n) is 1.47. The molecule has 0 aliphatic carbocycles. The van der Waals surface area contributed by atoms with Crippen LogP contribution in [0.2, 0.25) is 0 Å². The minimum Gasteiger partial charge on any atom is -0.494 e. The van der Waals surface area contributed by atoms with Gasteiger partial charge in [-0.3, -0.25) is 4.98 Å². The van der Waals surface area contributed by atoms with E-state index in [-0.39, 0.29) is 17.3 Å². The number of aromatic nitrogens is 2. The number of H-pyrrole nitrogens is 1. The smallest absolute Gasteiger partial charge is 0.347 e. The van der Waals surface area contributed by atoms with E-state index in [1.165, 1.54) is 25.3 Å². The molecule has 0 bridgehead atoms. The molecule has 2 rings (SSSR count). The lowest BCUT2D eigenvalue weighted by Gasteiger charge is -2.07. The lowest BCUT2D eigenvalue weighted by Crippen LogP contribution is -2.13. The summed E-state index contributed by atoms with van der Waals surface area (Å²) in [5.74, 6) is -0.273. The Labute approximate surface area is 107 Å². The van der Waals surface area contributed by atoms with Crippen LogP contribution in [0.3, 0.4) is 0 Å². The molecule has 0 saturated carbocycles. The third kappa shape index (κ3) is 2.87. The Balaban J connectivity index is 2.31. The molecule has 0 atom stereocenters. The Morgan fingerprint density at radius 3 is 2.89 bits per heavy atom. The van der Waals surface area contributed by atoms with Gasteiger partial charge in [0.15, 0.2) is 11.6 Å². The number of benzene rings is 1. The summed E-state index contributed by atoms with van der Waals surface area (Å²) in [6.07, 6.45) is 0. The number of nitrogens with one attached hydrogen (secondary N) is 2. The minimum atomic E-state index is -0.657. The van der Waals surface area contributed by atoms with Crippen LogP contribution in [-0.2, 0) is 0 Å². The number of hydrogen-bond acceptors (Lipinski definition) is 5. The van der Waals surface area contributed by atoms with Crippen molar-refractivity contribution >= 4 is 11.5 Å². The Morgan fingerprint density at radius 2 is 2.26 bits per heavy atom. The summed E-state index contributed by atoms with van der Waals surface area (Å²) >= 11 is 0. The first-order valence-corrected chi connectivity index (χ1v) is 5.24. The third-order valence-corrected chi connectivity index (χ3v) is 2.29. The molecular weight excluding hydrogens is 251 g/mol. The highest BCUT2D eigenvalue weighted by molar-refractivity contribution is 5.58. The van der Waals surface area contributed by atoms with E-state index in [0.717, 1.165) is 0 Å².